The molecule has 34 heavy (non-hydrogen) atoms. The number of carbonyl (C=O) groups is 1. The predicted molar refractivity (Wildman–Crippen MR) is 135 cm³/mol. The fourth-order valence-corrected chi connectivity index (χ4v) is 4.61. The molecule has 7 nitrogen and oxygen atoms in total. The van der Waals surface area contributed by atoms with Crippen LogP contribution >= 0.6 is 12.2 Å². The topological polar surface area (TPSA) is 75.1 Å². The summed E-state index contributed by atoms with van der Waals surface area (Å²) < 4.78 is 2.06. The number of nitrogens with one attached hydrogen (secondary N) is 2. The fourth-order valence-electron chi connectivity index (χ4n) is 4.27. The standard InChI is InChI=1S/C26H24N6OS/c33-23(29-19-9-2-1-3-10-19)14-18-32-25(24(30-26(32)34)20-11-4-6-15-27-20)21-12-8-17-31(21)22-13-5-7-16-28-22/h1-13,15-17,24-25H,14,18H2,(H,29,33)(H,30,34)/t24-,25+/m1/s1. The van der Waals surface area contributed by atoms with Gasteiger partial charge >= 0.3 is 0 Å². The summed E-state index contributed by atoms with van der Waals surface area (Å²) in [5.74, 6) is 0.760. The minimum absolute atomic E-state index is 0.0610. The monoisotopic (exact) mass is 468 g/mol. The largest absolute Gasteiger partial charge is 0.352 e. The molecule has 8 heteroatoms. The molecule has 0 aliphatic carbocycles. The van der Waals surface area contributed by atoms with Crippen molar-refractivity contribution in [3.05, 3.63) is 109 Å². The maximum atomic E-state index is 12.7. The van der Waals surface area contributed by atoms with Crippen LogP contribution in [-0.4, -0.2) is 37.0 Å². The molecule has 4 heterocycles. The van der Waals surface area contributed by atoms with E-state index in [0.717, 1.165) is 22.9 Å². The second kappa shape index (κ2) is 9.84. The van der Waals surface area contributed by atoms with Crippen molar-refractivity contribution in [1.29, 1.82) is 0 Å². The zero-order chi connectivity index (χ0) is 23.3. The van der Waals surface area contributed by atoms with Crippen molar-refractivity contribution in [3.8, 4) is 5.82 Å². The van der Waals surface area contributed by atoms with Crippen LogP contribution in [0.4, 0.5) is 5.69 Å². The van der Waals surface area contributed by atoms with E-state index in [0.29, 0.717) is 18.1 Å². The maximum Gasteiger partial charge on any atom is 0.226 e. The molecule has 3 aromatic heterocycles. The molecule has 0 spiro atoms. The number of nitrogens with zero attached hydrogens (tertiary/aromatic N) is 4. The van der Waals surface area contributed by atoms with Gasteiger partial charge < -0.3 is 20.1 Å². The van der Waals surface area contributed by atoms with Crippen LogP contribution in [0.1, 0.15) is 29.9 Å². The summed E-state index contributed by atoms with van der Waals surface area (Å²) in [6, 6.07) is 24.9. The Hall–Kier alpha value is -4.04. The number of thiocarbonyl (C=S) groups is 1. The molecular formula is C26H24N6OS. The van der Waals surface area contributed by atoms with Crippen molar-refractivity contribution in [2.75, 3.05) is 11.9 Å². The first-order chi connectivity index (χ1) is 16.7. The highest BCUT2D eigenvalue weighted by Crippen LogP contribution is 2.39. The number of carbonyl (C=O) groups excluding carboxylic acids is 1. The molecule has 0 bridgehead atoms. The Kier molecular flexibility index (Phi) is 6.31. The van der Waals surface area contributed by atoms with Gasteiger partial charge in [0.2, 0.25) is 5.91 Å². The minimum atomic E-state index is -0.164. The summed E-state index contributed by atoms with van der Waals surface area (Å²) in [6.07, 6.45) is 5.85. The van der Waals surface area contributed by atoms with Gasteiger partial charge in [-0.2, -0.15) is 0 Å². The normalized spacial score (nSPS) is 17.4. The van der Waals surface area contributed by atoms with E-state index in [1.54, 1.807) is 12.4 Å². The average molecular weight is 469 g/mol. The molecule has 1 fully saturated rings. The van der Waals surface area contributed by atoms with Gasteiger partial charge in [0.1, 0.15) is 5.82 Å². The zero-order valence-corrected chi connectivity index (χ0v) is 19.2. The van der Waals surface area contributed by atoms with Crippen LogP contribution in [0.2, 0.25) is 0 Å². The van der Waals surface area contributed by atoms with Gasteiger partial charge in [0.15, 0.2) is 5.11 Å². The number of amides is 1. The molecular weight excluding hydrogens is 444 g/mol. The van der Waals surface area contributed by atoms with Crippen molar-refractivity contribution < 1.29 is 4.79 Å². The van der Waals surface area contributed by atoms with Crippen molar-refractivity contribution in [2.24, 2.45) is 0 Å². The summed E-state index contributed by atoms with van der Waals surface area (Å²) in [7, 11) is 0. The molecule has 170 valence electrons. The highest BCUT2D eigenvalue weighted by molar-refractivity contribution is 7.80. The van der Waals surface area contributed by atoms with Crippen molar-refractivity contribution in [3.63, 3.8) is 0 Å². The van der Waals surface area contributed by atoms with E-state index in [2.05, 4.69) is 36.1 Å². The molecule has 1 aliphatic heterocycles. The Balaban J connectivity index is 1.44. The first kappa shape index (κ1) is 21.8. The fraction of sp³-hybridized carbons (Fsp3) is 0.154. The molecule has 1 aromatic carbocycles. The highest BCUT2D eigenvalue weighted by Gasteiger charge is 2.41. The third-order valence-electron chi connectivity index (χ3n) is 5.81. The second-order valence-electron chi connectivity index (χ2n) is 7.98. The smallest absolute Gasteiger partial charge is 0.226 e. The summed E-state index contributed by atoms with van der Waals surface area (Å²) >= 11 is 5.74. The van der Waals surface area contributed by atoms with E-state index < -0.39 is 0 Å². The number of hydrogen-bond acceptors (Lipinski definition) is 4. The molecule has 0 unspecified atom stereocenters. The van der Waals surface area contributed by atoms with Gasteiger partial charge in [-0.25, -0.2) is 4.98 Å². The van der Waals surface area contributed by atoms with Crippen LogP contribution in [0.15, 0.2) is 97.5 Å². The maximum absolute atomic E-state index is 12.7. The summed E-state index contributed by atoms with van der Waals surface area (Å²) in [6.45, 7) is 0.464. The Morgan fingerprint density at radius 1 is 0.941 bits per heavy atom. The van der Waals surface area contributed by atoms with Gasteiger partial charge in [0, 0.05) is 42.9 Å². The summed E-state index contributed by atoms with van der Waals surface area (Å²) in [5, 5.41) is 6.99. The number of benzene rings is 1. The van der Waals surface area contributed by atoms with Gasteiger partial charge in [0.25, 0.3) is 0 Å². The second-order valence-corrected chi connectivity index (χ2v) is 8.36. The van der Waals surface area contributed by atoms with Crippen molar-refractivity contribution in [2.45, 2.75) is 18.5 Å². The van der Waals surface area contributed by atoms with Gasteiger partial charge in [-0.15, -0.1) is 0 Å². The minimum Gasteiger partial charge on any atom is -0.352 e. The van der Waals surface area contributed by atoms with Crippen molar-refractivity contribution in [1.82, 2.24) is 24.8 Å². The van der Waals surface area contributed by atoms with Crippen molar-refractivity contribution >= 4 is 28.9 Å². The molecule has 1 amide bonds. The summed E-state index contributed by atoms with van der Waals surface area (Å²) in [4.78, 5) is 23.9. The lowest BCUT2D eigenvalue weighted by Gasteiger charge is -2.28. The molecule has 5 rings (SSSR count). The van der Waals surface area contributed by atoms with Crippen LogP contribution in [-0.2, 0) is 4.79 Å². The Labute approximate surface area is 203 Å². The Morgan fingerprint density at radius 2 is 1.71 bits per heavy atom. The van der Waals surface area contributed by atoms with E-state index in [4.69, 9.17) is 12.2 Å². The third-order valence-corrected chi connectivity index (χ3v) is 6.17. The Bertz CT molecular complexity index is 1260. The quantitative estimate of drug-likeness (QED) is 0.395. The van der Waals surface area contributed by atoms with Gasteiger partial charge in [-0.05, 0) is 60.7 Å². The third kappa shape index (κ3) is 4.53. The molecule has 1 aliphatic rings. The van der Waals surface area contributed by atoms with E-state index in [1.807, 2.05) is 79.0 Å². The first-order valence-corrected chi connectivity index (χ1v) is 11.5. The average Bonchev–Trinajstić information content (AvgIpc) is 3.48. The van der Waals surface area contributed by atoms with Crippen LogP contribution in [0.3, 0.4) is 0 Å². The number of rotatable bonds is 7. The van der Waals surface area contributed by atoms with Gasteiger partial charge in [-0.3, -0.25) is 9.78 Å². The number of hydrogen-bond donors (Lipinski definition) is 2. The molecule has 4 aromatic rings. The van der Waals surface area contributed by atoms with Crippen LogP contribution in [0, 0.1) is 0 Å². The number of pyridine rings is 2. The van der Waals surface area contributed by atoms with E-state index in [1.165, 1.54) is 0 Å². The highest BCUT2D eigenvalue weighted by atomic mass is 32.1. The number of para-hydroxylation sites is 1. The molecule has 1 saturated heterocycles. The SMILES string of the molecule is O=C(CCN1C(=S)N[C@H](c2ccccn2)[C@@H]1c1cccn1-c1ccccn1)Nc1ccccc1. The lowest BCUT2D eigenvalue weighted by molar-refractivity contribution is -0.116. The predicted octanol–water partition coefficient (Wildman–Crippen LogP) is 4.27. The number of anilines is 1. The van der Waals surface area contributed by atoms with Gasteiger partial charge in [0.05, 0.1) is 17.8 Å². The first-order valence-electron chi connectivity index (χ1n) is 11.1. The van der Waals surface area contributed by atoms with Crippen LogP contribution in [0.25, 0.3) is 5.82 Å². The van der Waals surface area contributed by atoms with Crippen LogP contribution < -0.4 is 10.6 Å². The number of aromatic nitrogens is 3. The molecule has 0 saturated carbocycles. The van der Waals surface area contributed by atoms with E-state index in [-0.39, 0.29) is 18.0 Å². The lowest BCUT2D eigenvalue weighted by atomic mass is 10.0. The lowest BCUT2D eigenvalue weighted by Crippen LogP contribution is -2.33. The van der Waals surface area contributed by atoms with Gasteiger partial charge in [-0.1, -0.05) is 30.3 Å². The molecule has 0 radical (unpaired) electrons. The van der Waals surface area contributed by atoms with E-state index in [9.17, 15) is 4.79 Å². The Morgan fingerprint density at radius 3 is 2.44 bits per heavy atom. The summed E-state index contributed by atoms with van der Waals surface area (Å²) in [5.41, 5.74) is 2.69. The molecule has 2 N–H and O–H groups in total. The zero-order valence-electron chi connectivity index (χ0n) is 18.4. The molecule has 2 atom stereocenters. The van der Waals surface area contributed by atoms with E-state index >= 15 is 0 Å². The van der Waals surface area contributed by atoms with Crippen LogP contribution in [0.5, 0.6) is 0 Å².